The molecule has 0 fully saturated rings. The summed E-state index contributed by atoms with van der Waals surface area (Å²) < 4.78 is 25.6. The number of nitrogens with zero attached hydrogens (tertiary/aromatic N) is 7. The Balaban J connectivity index is 0.000000177. The van der Waals surface area contributed by atoms with Crippen LogP contribution in [-0.2, 0) is 25.9 Å². The number of nitrogen functional groups attached to an aromatic ring is 1. The lowest BCUT2D eigenvalue weighted by molar-refractivity contribution is 0.387. The quantitative estimate of drug-likeness (QED) is 0.0989. The Morgan fingerprint density at radius 3 is 1.88 bits per heavy atom. The number of rotatable bonds is 14. The van der Waals surface area contributed by atoms with Crippen LogP contribution >= 0.6 is 23.5 Å². The van der Waals surface area contributed by atoms with E-state index in [9.17, 15) is 0 Å². The van der Waals surface area contributed by atoms with E-state index in [1.807, 2.05) is 77.4 Å². The summed E-state index contributed by atoms with van der Waals surface area (Å²) in [6, 6.07) is 32.0. The molecule has 0 bridgehead atoms. The first-order valence-corrected chi connectivity index (χ1v) is 19.8. The zero-order valence-corrected chi connectivity index (χ0v) is 34.0. The first-order valence-electron chi connectivity index (χ1n) is 18.2. The lowest BCUT2D eigenvalue weighted by Gasteiger charge is -2.11. The van der Waals surface area contributed by atoms with Crippen LogP contribution in [0.5, 0.6) is 23.0 Å². The highest BCUT2D eigenvalue weighted by Crippen LogP contribution is 2.39. The molecule has 296 valence electrons. The number of ether oxygens (including phenoxy) is 4. The maximum absolute atomic E-state index is 8.14. The number of hydrogen-bond donors (Lipinski definition) is 3. The fourth-order valence-electron chi connectivity index (χ4n) is 6.09. The van der Waals surface area contributed by atoms with Crippen molar-refractivity contribution in [3.05, 3.63) is 126 Å². The molecule has 0 saturated heterocycles. The van der Waals surface area contributed by atoms with Gasteiger partial charge in [0.2, 0.25) is 0 Å². The Hall–Kier alpha value is -6.52. The molecule has 0 radical (unpaired) electrons. The molecule has 8 rings (SSSR count). The number of aryl methyl sites for hydroxylation is 4. The van der Waals surface area contributed by atoms with E-state index in [4.69, 9.17) is 40.1 Å². The van der Waals surface area contributed by atoms with Gasteiger partial charge in [0, 0.05) is 25.2 Å². The van der Waals surface area contributed by atoms with E-state index >= 15 is 0 Å². The van der Waals surface area contributed by atoms with Gasteiger partial charge >= 0.3 is 0 Å². The number of imidazole rings is 2. The van der Waals surface area contributed by atoms with Gasteiger partial charge in [-0.2, -0.15) is 0 Å². The summed E-state index contributed by atoms with van der Waals surface area (Å²) in [6.07, 6.45) is 4.86. The maximum atomic E-state index is 8.14. The lowest BCUT2D eigenvalue weighted by Crippen LogP contribution is -2.13. The first kappa shape index (κ1) is 39.7. The molecule has 0 unspecified atom stereocenters. The van der Waals surface area contributed by atoms with Gasteiger partial charge in [-0.05, 0) is 71.8 Å². The standard InChI is InChI=1S/2C21H21N5O2S/c1-27-15-8-9-17(16(12-15)28-2)29-21-24-18-19(22)23-13-26(20(18)25-21)11-10-14-6-4-3-5-7-14;1-27-15-8-9-17(16(12-15)28-2)29-21-25-18-19(22)23-13-24-20(18)26(21)11-10-14-6-4-3-5-7-14/h3-9,12-13,22H,10-11H2,1-2H3,(H,24,25);3-9,12-13H,10-11H2,1-2H3,(H2,22,23,24). The summed E-state index contributed by atoms with van der Waals surface area (Å²) in [5, 5.41) is 9.60. The van der Waals surface area contributed by atoms with E-state index in [0.717, 1.165) is 69.4 Å². The van der Waals surface area contributed by atoms with Crippen LogP contribution in [0.4, 0.5) is 5.82 Å². The lowest BCUT2D eigenvalue weighted by atomic mass is 10.1. The third-order valence-electron chi connectivity index (χ3n) is 9.12. The summed E-state index contributed by atoms with van der Waals surface area (Å²) >= 11 is 2.95. The molecule has 0 amide bonds. The van der Waals surface area contributed by atoms with E-state index in [1.54, 1.807) is 34.8 Å². The monoisotopic (exact) mass is 814 g/mol. The van der Waals surface area contributed by atoms with E-state index in [1.165, 1.54) is 41.0 Å². The number of methoxy groups -OCH3 is 4. The van der Waals surface area contributed by atoms with Crippen LogP contribution in [0.2, 0.25) is 0 Å². The summed E-state index contributed by atoms with van der Waals surface area (Å²) in [7, 11) is 6.52. The second-order valence-electron chi connectivity index (χ2n) is 12.7. The fraction of sp³-hybridized carbons (Fsp3) is 0.190. The number of anilines is 1. The third-order valence-corrected chi connectivity index (χ3v) is 11.1. The van der Waals surface area contributed by atoms with Crippen molar-refractivity contribution in [3.8, 4) is 23.0 Å². The van der Waals surface area contributed by atoms with Gasteiger partial charge in [-0.1, -0.05) is 60.7 Å². The number of benzene rings is 4. The second-order valence-corrected chi connectivity index (χ2v) is 14.8. The van der Waals surface area contributed by atoms with Crippen LogP contribution in [0.15, 0.2) is 130 Å². The Morgan fingerprint density at radius 2 is 1.28 bits per heavy atom. The predicted octanol–water partition coefficient (Wildman–Crippen LogP) is 7.47. The molecular formula is C42H42N10O4S2. The van der Waals surface area contributed by atoms with E-state index in [-0.39, 0.29) is 5.49 Å². The zero-order chi connectivity index (χ0) is 40.4. The van der Waals surface area contributed by atoms with Gasteiger partial charge in [0.1, 0.15) is 34.8 Å². The summed E-state index contributed by atoms with van der Waals surface area (Å²) in [6.45, 7) is 1.45. The molecule has 4 aromatic heterocycles. The molecule has 4 aromatic carbocycles. The minimum Gasteiger partial charge on any atom is -0.497 e. The number of aromatic amines is 1. The van der Waals surface area contributed by atoms with Crippen molar-refractivity contribution in [1.29, 1.82) is 5.41 Å². The van der Waals surface area contributed by atoms with Crippen molar-refractivity contribution in [3.63, 3.8) is 0 Å². The van der Waals surface area contributed by atoms with Crippen molar-refractivity contribution < 1.29 is 18.9 Å². The Morgan fingerprint density at radius 1 is 0.672 bits per heavy atom. The molecule has 0 saturated carbocycles. The van der Waals surface area contributed by atoms with Crippen LogP contribution in [0, 0.1) is 5.41 Å². The number of nitrogens with two attached hydrogens (primary N) is 1. The Kier molecular flexibility index (Phi) is 12.7. The van der Waals surface area contributed by atoms with Crippen LogP contribution in [0.1, 0.15) is 11.1 Å². The number of hydrogen-bond acceptors (Lipinski definition) is 13. The van der Waals surface area contributed by atoms with Gasteiger partial charge in [0.25, 0.3) is 0 Å². The summed E-state index contributed by atoms with van der Waals surface area (Å²) in [5.74, 6) is 3.26. The molecule has 14 nitrogen and oxygen atoms in total. The maximum Gasteiger partial charge on any atom is 0.175 e. The smallest absolute Gasteiger partial charge is 0.175 e. The predicted molar refractivity (Wildman–Crippen MR) is 225 cm³/mol. The van der Waals surface area contributed by atoms with Gasteiger partial charge < -0.3 is 38.8 Å². The summed E-state index contributed by atoms with van der Waals surface area (Å²) in [5.41, 5.74) is 11.4. The van der Waals surface area contributed by atoms with Gasteiger partial charge in [-0.3, -0.25) is 5.41 Å². The van der Waals surface area contributed by atoms with Gasteiger partial charge in [-0.15, -0.1) is 0 Å². The Bertz CT molecular complexity index is 2690. The molecule has 0 aliphatic carbocycles. The molecule has 0 spiro atoms. The Labute approximate surface area is 343 Å². The molecule has 4 heterocycles. The number of fused-ring (bicyclic) bond motifs is 2. The molecule has 0 atom stereocenters. The first-order chi connectivity index (χ1) is 28.4. The topological polar surface area (TPSA) is 177 Å². The van der Waals surface area contributed by atoms with Gasteiger partial charge in [-0.25, -0.2) is 24.9 Å². The zero-order valence-electron chi connectivity index (χ0n) is 32.4. The second kappa shape index (κ2) is 18.6. The van der Waals surface area contributed by atoms with Crippen LogP contribution in [0.25, 0.3) is 22.3 Å². The highest BCUT2D eigenvalue weighted by molar-refractivity contribution is 7.99. The molecular weight excluding hydrogens is 773 g/mol. The van der Waals surface area contributed by atoms with E-state index < -0.39 is 0 Å². The van der Waals surface area contributed by atoms with Crippen molar-refractivity contribution in [2.24, 2.45) is 0 Å². The minimum atomic E-state index is 0.178. The van der Waals surface area contributed by atoms with E-state index in [2.05, 4.69) is 48.8 Å². The fourth-order valence-corrected chi connectivity index (χ4v) is 7.96. The average molecular weight is 815 g/mol. The number of aromatic nitrogens is 8. The van der Waals surface area contributed by atoms with Crippen molar-refractivity contribution in [1.82, 2.24) is 39.0 Å². The van der Waals surface area contributed by atoms with Gasteiger partial charge in [0.05, 0.1) is 44.6 Å². The normalized spacial score (nSPS) is 11.0. The molecule has 8 aromatic rings. The minimum absolute atomic E-state index is 0.178. The molecule has 58 heavy (non-hydrogen) atoms. The van der Waals surface area contributed by atoms with Crippen molar-refractivity contribution in [2.45, 2.75) is 46.0 Å². The van der Waals surface area contributed by atoms with Crippen LogP contribution < -0.4 is 30.2 Å². The average Bonchev–Trinajstić information content (AvgIpc) is 3.86. The molecule has 16 heteroatoms. The highest BCUT2D eigenvalue weighted by atomic mass is 32.2. The highest BCUT2D eigenvalue weighted by Gasteiger charge is 2.18. The summed E-state index contributed by atoms with van der Waals surface area (Å²) in [4.78, 5) is 27.2. The molecule has 0 aliphatic rings. The van der Waals surface area contributed by atoms with Crippen molar-refractivity contribution in [2.75, 3.05) is 34.2 Å². The largest absolute Gasteiger partial charge is 0.497 e. The van der Waals surface area contributed by atoms with Crippen LogP contribution in [-0.4, -0.2) is 67.5 Å². The third kappa shape index (κ3) is 9.19. The SMILES string of the molecule is COc1ccc(Sc2nc3c(N)ncnc3n2CCc2ccccc2)c(OC)c1.COc1ccc(Sc2nc3c([nH]2)c(=N)ncn3CCc2ccccc2)c(OC)c1. The molecule has 0 aliphatic heterocycles. The molecule has 4 N–H and O–H groups in total. The van der Waals surface area contributed by atoms with Gasteiger partial charge in [0.15, 0.2) is 38.4 Å². The number of nitrogens with one attached hydrogen (secondary N) is 2. The number of H-pyrrole nitrogens is 1. The van der Waals surface area contributed by atoms with Crippen LogP contribution in [0.3, 0.4) is 0 Å². The van der Waals surface area contributed by atoms with E-state index in [0.29, 0.717) is 27.8 Å². The van der Waals surface area contributed by atoms with Crippen molar-refractivity contribution >= 4 is 51.7 Å².